The summed E-state index contributed by atoms with van der Waals surface area (Å²) in [6.07, 6.45) is 4.34. The molecule has 0 unspecified atom stereocenters. The normalized spacial score (nSPS) is 10.2. The Morgan fingerprint density at radius 2 is 1.88 bits per heavy atom. The van der Waals surface area contributed by atoms with Gasteiger partial charge >= 0.3 is 0 Å². The molecule has 0 amide bonds. The molecule has 0 heterocycles. The molecule has 0 spiro atoms. The average molecular weight is 444 g/mol. The van der Waals surface area contributed by atoms with Gasteiger partial charge in [-0.15, -0.1) is 0 Å². The molecule has 0 radical (unpaired) electrons. The zero-order valence-electron chi connectivity index (χ0n) is 9.13. The van der Waals surface area contributed by atoms with E-state index in [4.69, 9.17) is 4.74 Å². The Morgan fingerprint density at radius 3 is 2.38 bits per heavy atom. The van der Waals surface area contributed by atoms with Crippen LogP contribution >= 0.6 is 45.2 Å². The van der Waals surface area contributed by atoms with Crippen molar-refractivity contribution in [2.24, 2.45) is 0 Å². The SMILES string of the molecule is CCCCCOc1c(I)cc(C=O)cc1I. The number of aldehydes is 1. The van der Waals surface area contributed by atoms with E-state index in [1.165, 1.54) is 12.8 Å². The van der Waals surface area contributed by atoms with Crippen LogP contribution in [0, 0.1) is 7.14 Å². The first-order valence-corrected chi connectivity index (χ1v) is 7.41. The maximum atomic E-state index is 10.7. The maximum absolute atomic E-state index is 10.7. The second-order valence-corrected chi connectivity index (χ2v) is 5.81. The Morgan fingerprint density at radius 1 is 1.25 bits per heavy atom. The van der Waals surface area contributed by atoms with Crippen LogP contribution in [0.3, 0.4) is 0 Å². The summed E-state index contributed by atoms with van der Waals surface area (Å²) in [5.41, 5.74) is 0.703. The number of benzene rings is 1. The standard InChI is InChI=1S/C12H14I2O2/c1-2-3-4-5-16-12-10(13)6-9(8-15)7-11(12)14/h6-8H,2-5H2,1H3. The van der Waals surface area contributed by atoms with Gasteiger partial charge in [0.25, 0.3) is 0 Å². The van der Waals surface area contributed by atoms with Crippen LogP contribution in [0.1, 0.15) is 36.5 Å². The van der Waals surface area contributed by atoms with Gasteiger partial charge in [0.1, 0.15) is 12.0 Å². The summed E-state index contributed by atoms with van der Waals surface area (Å²) < 4.78 is 7.74. The van der Waals surface area contributed by atoms with E-state index in [2.05, 4.69) is 52.1 Å². The molecule has 88 valence electrons. The molecule has 1 rings (SSSR count). The molecule has 0 saturated heterocycles. The van der Waals surface area contributed by atoms with E-state index in [-0.39, 0.29) is 0 Å². The molecule has 0 N–H and O–H groups in total. The lowest BCUT2D eigenvalue weighted by molar-refractivity contribution is 0.112. The van der Waals surface area contributed by atoms with Crippen molar-refractivity contribution in [2.45, 2.75) is 26.2 Å². The van der Waals surface area contributed by atoms with E-state index in [0.29, 0.717) is 5.56 Å². The summed E-state index contributed by atoms with van der Waals surface area (Å²) >= 11 is 4.41. The van der Waals surface area contributed by atoms with E-state index in [0.717, 1.165) is 32.2 Å². The number of carbonyl (C=O) groups excluding carboxylic acids is 1. The zero-order chi connectivity index (χ0) is 12.0. The quantitative estimate of drug-likeness (QED) is 0.372. The zero-order valence-corrected chi connectivity index (χ0v) is 13.4. The molecule has 0 saturated carbocycles. The molecule has 0 fully saturated rings. The van der Waals surface area contributed by atoms with Crippen LogP contribution in [-0.2, 0) is 0 Å². The van der Waals surface area contributed by atoms with E-state index < -0.39 is 0 Å². The highest BCUT2D eigenvalue weighted by molar-refractivity contribution is 14.1. The summed E-state index contributed by atoms with van der Waals surface area (Å²) in [6, 6.07) is 3.70. The van der Waals surface area contributed by atoms with Gasteiger partial charge < -0.3 is 4.74 Å². The van der Waals surface area contributed by atoms with Crippen molar-refractivity contribution in [2.75, 3.05) is 6.61 Å². The highest BCUT2D eigenvalue weighted by atomic mass is 127. The van der Waals surface area contributed by atoms with Crippen LogP contribution in [0.15, 0.2) is 12.1 Å². The predicted molar refractivity (Wildman–Crippen MR) is 82.3 cm³/mol. The monoisotopic (exact) mass is 444 g/mol. The topological polar surface area (TPSA) is 26.3 Å². The molecule has 0 atom stereocenters. The molecule has 0 aliphatic carbocycles. The van der Waals surface area contributed by atoms with Gasteiger partial charge in [0, 0.05) is 5.56 Å². The number of unbranched alkanes of at least 4 members (excludes halogenated alkanes) is 2. The average Bonchev–Trinajstić information content (AvgIpc) is 2.26. The molecule has 1 aromatic carbocycles. The molecule has 0 aliphatic heterocycles. The summed E-state index contributed by atoms with van der Waals surface area (Å²) in [7, 11) is 0. The molecule has 0 aromatic heterocycles. The predicted octanol–water partition coefficient (Wildman–Crippen LogP) is 4.28. The molecule has 2 nitrogen and oxygen atoms in total. The first kappa shape index (κ1) is 14.2. The Hall–Kier alpha value is 0.150. The molecule has 16 heavy (non-hydrogen) atoms. The largest absolute Gasteiger partial charge is 0.491 e. The second kappa shape index (κ2) is 7.47. The van der Waals surface area contributed by atoms with E-state index >= 15 is 0 Å². The van der Waals surface area contributed by atoms with Gasteiger partial charge in [-0.2, -0.15) is 0 Å². The lowest BCUT2D eigenvalue weighted by Gasteiger charge is -2.10. The van der Waals surface area contributed by atoms with Crippen molar-refractivity contribution in [1.82, 2.24) is 0 Å². The van der Waals surface area contributed by atoms with Crippen molar-refractivity contribution in [1.29, 1.82) is 0 Å². The first-order chi connectivity index (χ1) is 7.69. The third kappa shape index (κ3) is 4.20. The van der Waals surface area contributed by atoms with Gasteiger partial charge in [-0.3, -0.25) is 4.79 Å². The number of rotatable bonds is 6. The minimum atomic E-state index is 0.703. The van der Waals surface area contributed by atoms with Crippen LogP contribution < -0.4 is 4.74 Å². The van der Waals surface area contributed by atoms with Gasteiger partial charge in [-0.1, -0.05) is 19.8 Å². The molecule has 0 bridgehead atoms. The second-order valence-electron chi connectivity index (χ2n) is 3.49. The smallest absolute Gasteiger partial charge is 0.150 e. The summed E-state index contributed by atoms with van der Waals surface area (Å²) in [5.74, 6) is 0.905. The molecular formula is C12H14I2O2. The molecule has 0 aliphatic rings. The Kier molecular flexibility index (Phi) is 6.64. The lowest BCUT2D eigenvalue weighted by Crippen LogP contribution is -2.01. The Bertz CT molecular complexity index is 341. The van der Waals surface area contributed by atoms with Gasteiger partial charge in [0.15, 0.2) is 0 Å². The van der Waals surface area contributed by atoms with Crippen LogP contribution in [0.4, 0.5) is 0 Å². The summed E-state index contributed by atoms with van der Waals surface area (Å²) in [5, 5.41) is 0. The Balaban J connectivity index is 2.69. The Labute approximate surface area is 123 Å². The summed E-state index contributed by atoms with van der Waals surface area (Å²) in [4.78, 5) is 10.7. The number of carbonyl (C=O) groups is 1. The molecular weight excluding hydrogens is 430 g/mol. The lowest BCUT2D eigenvalue weighted by atomic mass is 10.2. The summed E-state index contributed by atoms with van der Waals surface area (Å²) in [6.45, 7) is 2.92. The van der Waals surface area contributed by atoms with Crippen molar-refractivity contribution in [3.63, 3.8) is 0 Å². The van der Waals surface area contributed by atoms with Crippen molar-refractivity contribution in [3.05, 3.63) is 24.8 Å². The minimum Gasteiger partial charge on any atom is -0.491 e. The van der Waals surface area contributed by atoms with Crippen LogP contribution in [0.5, 0.6) is 5.75 Å². The third-order valence-corrected chi connectivity index (χ3v) is 3.75. The van der Waals surface area contributed by atoms with Crippen LogP contribution in [0.25, 0.3) is 0 Å². The third-order valence-electron chi connectivity index (χ3n) is 2.15. The van der Waals surface area contributed by atoms with Crippen LogP contribution in [0.2, 0.25) is 0 Å². The fourth-order valence-corrected chi connectivity index (χ4v) is 3.44. The first-order valence-electron chi connectivity index (χ1n) is 5.26. The number of hydrogen-bond donors (Lipinski definition) is 0. The van der Waals surface area contributed by atoms with Gasteiger partial charge in [0.2, 0.25) is 0 Å². The molecule has 1 aromatic rings. The number of ether oxygens (including phenoxy) is 1. The van der Waals surface area contributed by atoms with E-state index in [1.807, 2.05) is 12.1 Å². The van der Waals surface area contributed by atoms with E-state index in [9.17, 15) is 4.79 Å². The fourth-order valence-electron chi connectivity index (χ4n) is 1.31. The van der Waals surface area contributed by atoms with Gasteiger partial charge in [-0.25, -0.2) is 0 Å². The van der Waals surface area contributed by atoms with Crippen molar-refractivity contribution < 1.29 is 9.53 Å². The van der Waals surface area contributed by atoms with Crippen molar-refractivity contribution >= 4 is 51.5 Å². The molecule has 4 heteroatoms. The number of hydrogen-bond acceptors (Lipinski definition) is 2. The van der Waals surface area contributed by atoms with Gasteiger partial charge in [-0.05, 0) is 63.7 Å². The maximum Gasteiger partial charge on any atom is 0.150 e. The fraction of sp³-hybridized carbons (Fsp3) is 0.417. The number of halogens is 2. The highest BCUT2D eigenvalue weighted by Gasteiger charge is 2.08. The van der Waals surface area contributed by atoms with E-state index in [1.54, 1.807) is 0 Å². The highest BCUT2D eigenvalue weighted by Crippen LogP contribution is 2.28. The van der Waals surface area contributed by atoms with Gasteiger partial charge in [0.05, 0.1) is 13.7 Å². The minimum absolute atomic E-state index is 0.703. The van der Waals surface area contributed by atoms with Crippen molar-refractivity contribution in [3.8, 4) is 5.75 Å². The van der Waals surface area contributed by atoms with Crippen LogP contribution in [-0.4, -0.2) is 12.9 Å².